The first-order valence-corrected chi connectivity index (χ1v) is 11.6. The van der Waals surface area contributed by atoms with Gasteiger partial charge in [0.1, 0.15) is 12.2 Å². The summed E-state index contributed by atoms with van der Waals surface area (Å²) in [6.07, 6.45) is 0.777. The number of nitrogens with zero attached hydrogens (tertiary/aromatic N) is 2. The lowest BCUT2D eigenvalue weighted by molar-refractivity contribution is -0.144. The Hall–Kier alpha value is -3.64. The molecule has 1 aliphatic heterocycles. The number of rotatable bonds is 12. The number of aliphatic hydroxyl groups is 1. The molecule has 198 valence electrons. The van der Waals surface area contributed by atoms with E-state index in [0.29, 0.717) is 0 Å². The van der Waals surface area contributed by atoms with Crippen molar-refractivity contribution in [1.82, 2.24) is 4.90 Å². The zero-order chi connectivity index (χ0) is 26.4. The van der Waals surface area contributed by atoms with Crippen molar-refractivity contribution < 1.29 is 43.3 Å². The van der Waals surface area contributed by atoms with Crippen molar-refractivity contribution in [1.29, 1.82) is 0 Å². The molecule has 2 rings (SSSR count). The number of aliphatic hydroxyl groups excluding tert-OH is 1. The van der Waals surface area contributed by atoms with Gasteiger partial charge in [-0.3, -0.25) is 0 Å². The highest BCUT2D eigenvalue weighted by Gasteiger charge is 2.41. The van der Waals surface area contributed by atoms with Crippen molar-refractivity contribution in [3.8, 4) is 0 Å². The third-order valence-electron chi connectivity index (χ3n) is 5.23. The van der Waals surface area contributed by atoms with Crippen molar-refractivity contribution in [3.05, 3.63) is 47.7 Å². The van der Waals surface area contributed by atoms with Crippen LogP contribution >= 0.6 is 0 Å². The van der Waals surface area contributed by atoms with Crippen molar-refractivity contribution in [3.63, 3.8) is 0 Å². The molecule has 1 aromatic rings. The Morgan fingerprint density at radius 1 is 1.08 bits per heavy atom. The summed E-state index contributed by atoms with van der Waals surface area (Å²) in [5, 5.41) is 13.1. The van der Waals surface area contributed by atoms with E-state index in [2.05, 4.69) is 5.16 Å². The maximum Gasteiger partial charge on any atom is 0.410 e. The predicted octanol–water partition coefficient (Wildman–Crippen LogP) is 1.47. The van der Waals surface area contributed by atoms with Gasteiger partial charge in [0.05, 0.1) is 32.5 Å². The van der Waals surface area contributed by atoms with Crippen LogP contribution in [0.5, 0.6) is 0 Å². The van der Waals surface area contributed by atoms with Crippen LogP contribution in [-0.4, -0.2) is 79.0 Å². The molecule has 0 aliphatic carbocycles. The van der Waals surface area contributed by atoms with Crippen LogP contribution in [0, 0.1) is 0 Å². The predicted molar refractivity (Wildman–Crippen MR) is 127 cm³/mol. The van der Waals surface area contributed by atoms with Crippen LogP contribution in [-0.2, 0) is 40.0 Å². The maximum absolute atomic E-state index is 12.5. The zero-order valence-corrected chi connectivity index (χ0v) is 20.5. The Labute approximate surface area is 209 Å². The molecule has 0 radical (unpaired) electrons. The summed E-state index contributed by atoms with van der Waals surface area (Å²) in [5.41, 5.74) is 5.87. The van der Waals surface area contributed by atoms with Gasteiger partial charge in [0.25, 0.3) is 0 Å². The molecule has 1 heterocycles. The van der Waals surface area contributed by atoms with Crippen LogP contribution in [0.3, 0.4) is 0 Å². The molecule has 12 heteroatoms. The summed E-state index contributed by atoms with van der Waals surface area (Å²) >= 11 is 0. The Kier molecular flexibility index (Phi) is 11.7. The van der Waals surface area contributed by atoms with E-state index in [9.17, 15) is 19.5 Å². The molecule has 12 nitrogen and oxygen atoms in total. The third-order valence-corrected chi connectivity index (χ3v) is 5.23. The van der Waals surface area contributed by atoms with Crippen LogP contribution in [0.1, 0.15) is 32.3 Å². The molecular formula is C24H33N3O9. The Morgan fingerprint density at radius 2 is 1.75 bits per heavy atom. The number of piperidine rings is 1. The molecule has 0 aromatic heterocycles. The second kappa shape index (κ2) is 14.7. The maximum atomic E-state index is 12.5. The lowest BCUT2D eigenvalue weighted by Gasteiger charge is -2.40. The molecule has 0 bridgehead atoms. The Bertz CT molecular complexity index is 926. The molecule has 0 atom stereocenters. The van der Waals surface area contributed by atoms with E-state index < -0.39 is 29.4 Å². The normalized spacial score (nSPS) is 15.7. The Morgan fingerprint density at radius 3 is 2.36 bits per heavy atom. The van der Waals surface area contributed by atoms with Crippen LogP contribution in [0.4, 0.5) is 4.79 Å². The lowest BCUT2D eigenvalue weighted by Crippen LogP contribution is -2.55. The van der Waals surface area contributed by atoms with Crippen molar-refractivity contribution in [2.45, 2.75) is 38.9 Å². The molecule has 1 aromatic carbocycles. The van der Waals surface area contributed by atoms with Gasteiger partial charge in [0.15, 0.2) is 5.84 Å². The van der Waals surface area contributed by atoms with E-state index in [1.807, 2.05) is 30.3 Å². The number of hydrogen-bond acceptors (Lipinski definition) is 10. The van der Waals surface area contributed by atoms with Crippen molar-refractivity contribution in [2.24, 2.45) is 10.9 Å². The molecule has 0 unspecified atom stereocenters. The van der Waals surface area contributed by atoms with E-state index in [-0.39, 0.29) is 64.8 Å². The van der Waals surface area contributed by atoms with Gasteiger partial charge in [-0.2, -0.15) is 0 Å². The van der Waals surface area contributed by atoms with E-state index in [1.54, 1.807) is 13.8 Å². The number of likely N-dealkylation sites (tertiary alicyclic amines) is 1. The number of nitrogens with two attached hydrogens (primary N) is 1. The molecule has 3 N–H and O–H groups in total. The minimum absolute atomic E-state index is 0.0430. The summed E-state index contributed by atoms with van der Waals surface area (Å²) in [4.78, 5) is 43.1. The van der Waals surface area contributed by atoms with Gasteiger partial charge >= 0.3 is 18.0 Å². The highest BCUT2D eigenvalue weighted by atomic mass is 16.7. The molecule has 1 aliphatic rings. The zero-order valence-electron chi connectivity index (χ0n) is 20.5. The van der Waals surface area contributed by atoms with Crippen molar-refractivity contribution in [2.75, 3.05) is 39.5 Å². The van der Waals surface area contributed by atoms with Gasteiger partial charge in [-0.15, -0.1) is 0 Å². The SMILES string of the molecule is CCOC(=O)C=C(O/N=C(\N)C1(OCCO)CCN(C(=O)OCc2ccccc2)CC1)C(=O)OCC. The number of carbonyl (C=O) groups is 3. The highest BCUT2D eigenvalue weighted by Crippen LogP contribution is 2.28. The standard InChI is InChI=1S/C24H33N3O9/c1-3-32-20(29)16-19(21(30)33-4-2)36-26-22(25)24(35-15-14-28)10-12-27(13-11-24)23(31)34-17-18-8-6-5-7-9-18/h5-9,16,28H,3-4,10-15,17H2,1-2H3,(H2,25,26). The first-order chi connectivity index (χ1) is 17.3. The molecule has 1 saturated heterocycles. The molecule has 0 saturated carbocycles. The molecule has 0 spiro atoms. The molecule has 36 heavy (non-hydrogen) atoms. The quantitative estimate of drug-likeness (QED) is 0.0806. The number of amides is 1. The van der Waals surface area contributed by atoms with E-state index in [0.717, 1.165) is 11.6 Å². The fourth-order valence-corrected chi connectivity index (χ4v) is 3.37. The van der Waals surface area contributed by atoms with Gasteiger partial charge in [0, 0.05) is 25.9 Å². The van der Waals surface area contributed by atoms with Crippen LogP contribution in [0.2, 0.25) is 0 Å². The smallest absolute Gasteiger partial charge is 0.410 e. The second-order valence-corrected chi connectivity index (χ2v) is 7.64. The van der Waals surface area contributed by atoms with Crippen LogP contribution in [0.15, 0.2) is 47.3 Å². The largest absolute Gasteiger partial charge is 0.463 e. The number of ether oxygens (including phenoxy) is 4. The second-order valence-electron chi connectivity index (χ2n) is 7.64. The van der Waals surface area contributed by atoms with Gasteiger partial charge in [-0.25, -0.2) is 14.4 Å². The number of oxime groups is 1. The minimum Gasteiger partial charge on any atom is -0.463 e. The lowest BCUT2D eigenvalue weighted by atomic mass is 9.90. The van der Waals surface area contributed by atoms with E-state index in [4.69, 9.17) is 29.5 Å². The summed E-state index contributed by atoms with van der Waals surface area (Å²) in [7, 11) is 0. The number of amidine groups is 1. The summed E-state index contributed by atoms with van der Waals surface area (Å²) < 4.78 is 20.9. The first kappa shape index (κ1) is 28.6. The average molecular weight is 508 g/mol. The summed E-state index contributed by atoms with van der Waals surface area (Å²) in [6, 6.07) is 9.30. The van der Waals surface area contributed by atoms with Crippen LogP contribution in [0.25, 0.3) is 0 Å². The number of carbonyl (C=O) groups excluding carboxylic acids is 3. The number of benzene rings is 1. The monoisotopic (exact) mass is 507 g/mol. The topological polar surface area (TPSA) is 159 Å². The Balaban J connectivity index is 2.09. The molecular weight excluding hydrogens is 474 g/mol. The minimum atomic E-state index is -1.18. The van der Waals surface area contributed by atoms with Crippen molar-refractivity contribution >= 4 is 23.9 Å². The van der Waals surface area contributed by atoms with Gasteiger partial charge in [0.2, 0.25) is 5.76 Å². The fourth-order valence-electron chi connectivity index (χ4n) is 3.37. The van der Waals surface area contributed by atoms with Gasteiger partial charge < -0.3 is 39.5 Å². The molecule has 1 amide bonds. The first-order valence-electron chi connectivity index (χ1n) is 11.6. The fraction of sp³-hybridized carbons (Fsp3) is 0.500. The van der Waals surface area contributed by atoms with Gasteiger partial charge in [-0.05, 0) is 19.4 Å². The summed E-state index contributed by atoms with van der Waals surface area (Å²) in [5.74, 6) is -2.39. The van der Waals surface area contributed by atoms with Gasteiger partial charge in [-0.1, -0.05) is 35.5 Å². The summed E-state index contributed by atoms with van der Waals surface area (Å²) in [6.45, 7) is 3.64. The van der Waals surface area contributed by atoms with Crippen LogP contribution < -0.4 is 5.73 Å². The highest BCUT2D eigenvalue weighted by molar-refractivity contribution is 5.95. The molecule has 1 fully saturated rings. The number of esters is 2. The van der Waals surface area contributed by atoms with E-state index in [1.165, 1.54) is 4.90 Å². The average Bonchev–Trinajstić information content (AvgIpc) is 2.89. The number of hydrogen-bond donors (Lipinski definition) is 2. The third kappa shape index (κ3) is 8.54. The van der Waals surface area contributed by atoms with E-state index >= 15 is 0 Å².